The predicted molar refractivity (Wildman–Crippen MR) is 237 cm³/mol. The smallest absolute Gasteiger partial charge is 0.271 e. The number of aryl methyl sites for hydroxylation is 2. The van der Waals surface area contributed by atoms with Gasteiger partial charge in [0.1, 0.15) is 46.3 Å². The van der Waals surface area contributed by atoms with E-state index in [1.54, 1.807) is 21.5 Å². The molecule has 6 heterocycles. The van der Waals surface area contributed by atoms with E-state index in [2.05, 4.69) is 43.2 Å². The SMILES string of the molecule is Cc1ccccc1-n1nc(-c2c(-c3cc(F)ccc3F)nn3c2NCC(C#N)C3)ccc1=O.Cc1ccccc1-n1nc(-c2c(-c3cc(F)ccc3F)nn3c2NCC(C#N)C3)ccc1=O. The largest absolute Gasteiger partial charge is 0.368 e. The highest BCUT2D eigenvalue weighted by atomic mass is 19.1. The Morgan fingerprint density at radius 3 is 1.36 bits per heavy atom. The quantitative estimate of drug-likeness (QED) is 0.157. The number of para-hydroxylation sites is 2. The van der Waals surface area contributed by atoms with Gasteiger partial charge in [-0.05, 0) is 85.6 Å². The van der Waals surface area contributed by atoms with E-state index in [1.807, 2.05) is 50.2 Å². The van der Waals surface area contributed by atoms with Gasteiger partial charge in [0, 0.05) is 36.3 Å². The van der Waals surface area contributed by atoms with Crippen molar-refractivity contribution < 1.29 is 17.6 Å². The van der Waals surface area contributed by atoms with Gasteiger partial charge < -0.3 is 10.6 Å². The van der Waals surface area contributed by atoms with Gasteiger partial charge in [-0.25, -0.2) is 26.9 Å². The van der Waals surface area contributed by atoms with E-state index in [1.165, 1.54) is 33.6 Å². The van der Waals surface area contributed by atoms with Gasteiger partial charge in [-0.3, -0.25) is 9.59 Å². The van der Waals surface area contributed by atoms with Crippen LogP contribution < -0.4 is 21.8 Å². The molecule has 2 aliphatic heterocycles. The van der Waals surface area contributed by atoms with Crippen molar-refractivity contribution in [3.8, 4) is 68.5 Å². The first-order chi connectivity index (χ1) is 31.9. The van der Waals surface area contributed by atoms with Crippen LogP contribution >= 0.6 is 0 Å². The van der Waals surface area contributed by atoms with Crippen molar-refractivity contribution in [2.75, 3.05) is 23.7 Å². The van der Waals surface area contributed by atoms with Gasteiger partial charge in [0.05, 0.1) is 71.0 Å². The summed E-state index contributed by atoms with van der Waals surface area (Å²) < 4.78 is 63.3. The van der Waals surface area contributed by atoms with Crippen molar-refractivity contribution >= 4 is 11.6 Å². The zero-order valence-electron chi connectivity index (χ0n) is 35.2. The van der Waals surface area contributed by atoms with E-state index < -0.39 is 23.3 Å². The zero-order chi connectivity index (χ0) is 46.2. The van der Waals surface area contributed by atoms with E-state index in [0.717, 1.165) is 47.5 Å². The van der Waals surface area contributed by atoms with Gasteiger partial charge in [0.2, 0.25) is 0 Å². The minimum Gasteiger partial charge on any atom is -0.368 e. The van der Waals surface area contributed by atoms with Crippen LogP contribution in [-0.2, 0) is 13.1 Å². The molecule has 4 aromatic carbocycles. The fraction of sp³-hybridized carbons (Fsp3) is 0.167. The molecule has 2 aliphatic rings. The Labute approximate surface area is 373 Å². The Balaban J connectivity index is 0.000000166. The second-order valence-electron chi connectivity index (χ2n) is 15.7. The van der Waals surface area contributed by atoms with Crippen LogP contribution in [0.4, 0.5) is 29.2 Å². The van der Waals surface area contributed by atoms with Gasteiger partial charge in [0.25, 0.3) is 11.1 Å². The first-order valence-corrected chi connectivity index (χ1v) is 20.6. The zero-order valence-corrected chi connectivity index (χ0v) is 35.2. The van der Waals surface area contributed by atoms with E-state index in [0.29, 0.717) is 71.7 Å². The maximum atomic E-state index is 14.8. The number of anilines is 2. The number of aromatic nitrogens is 8. The van der Waals surface area contributed by atoms with Crippen LogP contribution in [0.25, 0.3) is 56.4 Å². The van der Waals surface area contributed by atoms with Crippen LogP contribution in [0.3, 0.4) is 0 Å². The van der Waals surface area contributed by atoms with Gasteiger partial charge in [-0.1, -0.05) is 36.4 Å². The summed E-state index contributed by atoms with van der Waals surface area (Å²) in [5.41, 5.74) is 4.15. The lowest BCUT2D eigenvalue weighted by Gasteiger charge is -2.21. The number of nitrogens with one attached hydrogen (secondary N) is 2. The Bertz CT molecular complexity index is 3190. The first kappa shape index (κ1) is 42.7. The summed E-state index contributed by atoms with van der Waals surface area (Å²) >= 11 is 0. The molecular formula is C48H36F4N12O2. The number of nitriles is 2. The fourth-order valence-electron chi connectivity index (χ4n) is 7.96. The van der Waals surface area contributed by atoms with E-state index >= 15 is 0 Å². The molecule has 0 saturated carbocycles. The molecule has 0 spiro atoms. The van der Waals surface area contributed by atoms with Crippen LogP contribution in [0.15, 0.2) is 119 Å². The summed E-state index contributed by atoms with van der Waals surface area (Å²) in [4.78, 5) is 25.3. The minimum atomic E-state index is -0.642. The lowest BCUT2D eigenvalue weighted by atomic mass is 10.0. The van der Waals surface area contributed by atoms with Crippen LogP contribution in [0.5, 0.6) is 0 Å². The normalized spacial score (nSPS) is 14.9. The highest BCUT2D eigenvalue weighted by Crippen LogP contribution is 2.41. The minimum absolute atomic E-state index is 0.0300. The molecule has 4 aromatic heterocycles. The number of fused-ring (bicyclic) bond motifs is 2. The van der Waals surface area contributed by atoms with Gasteiger partial charge >= 0.3 is 0 Å². The van der Waals surface area contributed by atoms with Crippen molar-refractivity contribution in [2.45, 2.75) is 26.9 Å². The molecule has 0 saturated heterocycles. The Kier molecular flexibility index (Phi) is 11.3. The van der Waals surface area contributed by atoms with Crippen LogP contribution in [0, 0.1) is 71.6 Å². The molecule has 0 bridgehead atoms. The first-order valence-electron chi connectivity index (χ1n) is 20.6. The Morgan fingerprint density at radius 2 is 0.970 bits per heavy atom. The lowest BCUT2D eigenvalue weighted by Crippen LogP contribution is -2.27. The number of halogens is 4. The predicted octanol–water partition coefficient (Wildman–Crippen LogP) is 7.83. The third kappa shape index (κ3) is 7.96. The second kappa shape index (κ2) is 17.5. The molecule has 0 radical (unpaired) electrons. The Morgan fingerprint density at radius 1 is 0.561 bits per heavy atom. The van der Waals surface area contributed by atoms with Gasteiger partial charge in [-0.15, -0.1) is 0 Å². The fourth-order valence-corrected chi connectivity index (χ4v) is 7.96. The maximum Gasteiger partial charge on any atom is 0.271 e. The molecule has 10 rings (SSSR count). The van der Waals surface area contributed by atoms with Gasteiger partial charge in [-0.2, -0.15) is 40.3 Å². The number of nitrogens with zero attached hydrogens (tertiary/aromatic N) is 10. The number of hydrogen-bond acceptors (Lipinski definition) is 10. The van der Waals surface area contributed by atoms with Crippen LogP contribution in [-0.4, -0.2) is 52.2 Å². The van der Waals surface area contributed by atoms with Gasteiger partial charge in [0.15, 0.2) is 0 Å². The third-order valence-electron chi connectivity index (χ3n) is 11.3. The molecule has 2 N–H and O–H groups in total. The number of benzene rings is 4. The summed E-state index contributed by atoms with van der Waals surface area (Å²) in [6.07, 6.45) is 0. The maximum absolute atomic E-state index is 14.8. The summed E-state index contributed by atoms with van der Waals surface area (Å²) in [5, 5.41) is 43.2. The third-order valence-corrected chi connectivity index (χ3v) is 11.3. The average molecular weight is 889 g/mol. The number of rotatable bonds is 6. The average Bonchev–Trinajstić information content (AvgIpc) is 3.90. The van der Waals surface area contributed by atoms with Crippen LogP contribution in [0.2, 0.25) is 0 Å². The standard InChI is InChI=1S/2C24H18F2N6O/c2*1-14-4-2-3-5-20(14)32-21(33)9-8-19(29-32)22-23(17-10-16(25)6-7-18(17)26)30-31-13-15(11-27)12-28-24(22)31/h2*2-10,15,28H,12-13H2,1H3. The monoisotopic (exact) mass is 888 g/mol. The molecule has 0 aliphatic carbocycles. The molecule has 8 aromatic rings. The number of hydrogen-bond donors (Lipinski definition) is 2. The van der Waals surface area contributed by atoms with Crippen molar-refractivity contribution in [3.63, 3.8) is 0 Å². The molecule has 2 atom stereocenters. The molecule has 328 valence electrons. The Hall–Kier alpha value is -8.64. The summed E-state index contributed by atoms with van der Waals surface area (Å²) in [7, 11) is 0. The summed E-state index contributed by atoms with van der Waals surface area (Å²) in [5.74, 6) is -2.10. The second-order valence-corrected chi connectivity index (χ2v) is 15.7. The molecule has 2 unspecified atom stereocenters. The van der Waals surface area contributed by atoms with Crippen molar-refractivity contribution in [3.05, 3.63) is 164 Å². The highest BCUT2D eigenvalue weighted by molar-refractivity contribution is 5.89. The molecule has 0 amide bonds. The van der Waals surface area contributed by atoms with Crippen molar-refractivity contribution in [1.82, 2.24) is 39.1 Å². The van der Waals surface area contributed by atoms with Crippen LogP contribution in [0.1, 0.15) is 11.1 Å². The van der Waals surface area contributed by atoms with Crippen molar-refractivity contribution in [1.29, 1.82) is 10.5 Å². The molecule has 66 heavy (non-hydrogen) atoms. The molecule has 0 fully saturated rings. The van der Waals surface area contributed by atoms with Crippen molar-refractivity contribution in [2.24, 2.45) is 11.8 Å². The molecule has 18 heteroatoms. The molecular weight excluding hydrogens is 853 g/mol. The highest BCUT2D eigenvalue weighted by Gasteiger charge is 2.31. The van der Waals surface area contributed by atoms with E-state index in [9.17, 15) is 37.7 Å². The summed E-state index contributed by atoms with van der Waals surface area (Å²) in [6.45, 7) is 5.07. The topological polar surface area (TPSA) is 177 Å². The van der Waals surface area contributed by atoms with E-state index in [-0.39, 0.29) is 45.5 Å². The lowest BCUT2D eigenvalue weighted by molar-refractivity contribution is 0.490. The summed E-state index contributed by atoms with van der Waals surface area (Å²) in [6, 6.07) is 31.2. The molecule has 14 nitrogen and oxygen atoms in total. The van der Waals surface area contributed by atoms with E-state index in [4.69, 9.17) is 0 Å².